The molecule has 1 amide bonds. The Morgan fingerprint density at radius 2 is 2.15 bits per heavy atom. The minimum atomic E-state index is -0.439. The Bertz CT molecular complexity index is 459. The molecule has 0 atom stereocenters. The van der Waals surface area contributed by atoms with Crippen molar-refractivity contribution in [2.45, 2.75) is 38.3 Å². The van der Waals surface area contributed by atoms with Gasteiger partial charge >= 0.3 is 0 Å². The van der Waals surface area contributed by atoms with Crippen molar-refractivity contribution in [3.8, 4) is 5.75 Å². The fourth-order valence-corrected chi connectivity index (χ4v) is 2.52. The lowest BCUT2D eigenvalue weighted by Gasteiger charge is -2.14. The molecule has 0 spiro atoms. The Balaban J connectivity index is 1.90. The number of para-hydroxylation sites is 1. The molecule has 1 aliphatic rings. The van der Waals surface area contributed by atoms with Gasteiger partial charge in [0.25, 0.3) is 5.91 Å². The Labute approximate surface area is 118 Å². The molecule has 0 bridgehead atoms. The van der Waals surface area contributed by atoms with E-state index in [-0.39, 0.29) is 24.3 Å². The van der Waals surface area contributed by atoms with Crippen LogP contribution in [0.3, 0.4) is 0 Å². The van der Waals surface area contributed by atoms with Crippen LogP contribution in [-0.2, 0) is 11.3 Å². The third-order valence-corrected chi connectivity index (χ3v) is 3.48. The van der Waals surface area contributed by atoms with Gasteiger partial charge in [0, 0.05) is 18.2 Å². The summed E-state index contributed by atoms with van der Waals surface area (Å²) in [4.78, 5) is 11.8. The number of halogens is 1. The average molecular weight is 280 g/mol. The first-order chi connectivity index (χ1) is 9.70. The van der Waals surface area contributed by atoms with Crippen LogP contribution in [0.4, 0.5) is 4.39 Å². The monoisotopic (exact) mass is 280 g/mol. The topological polar surface area (TPSA) is 50.4 Å². The highest BCUT2D eigenvalue weighted by atomic mass is 19.1. The molecule has 0 aliphatic heterocycles. The van der Waals surface area contributed by atoms with Crippen molar-refractivity contribution in [1.82, 2.24) is 10.6 Å². The van der Waals surface area contributed by atoms with E-state index in [1.807, 2.05) is 0 Å². The summed E-state index contributed by atoms with van der Waals surface area (Å²) in [5.41, 5.74) is 0.709. The van der Waals surface area contributed by atoms with Crippen LogP contribution in [-0.4, -0.2) is 25.6 Å². The van der Waals surface area contributed by atoms with Gasteiger partial charge in [0.15, 0.2) is 18.2 Å². The summed E-state index contributed by atoms with van der Waals surface area (Å²) in [6.07, 6.45) is 4.36. The van der Waals surface area contributed by atoms with E-state index in [0.29, 0.717) is 12.1 Å². The second kappa shape index (κ2) is 7.24. The summed E-state index contributed by atoms with van der Waals surface area (Å²) in [5, 5.41) is 5.87. The van der Waals surface area contributed by atoms with Crippen LogP contribution in [0.2, 0.25) is 0 Å². The van der Waals surface area contributed by atoms with E-state index in [2.05, 4.69) is 10.6 Å². The molecule has 0 aromatic heterocycles. The van der Waals surface area contributed by atoms with Crippen LogP contribution in [0.15, 0.2) is 18.2 Å². The molecular formula is C15H21FN2O2. The number of nitrogens with one attached hydrogen (secondary N) is 2. The van der Waals surface area contributed by atoms with Crippen molar-refractivity contribution in [2.75, 3.05) is 13.7 Å². The number of benzene rings is 1. The molecule has 2 N–H and O–H groups in total. The average Bonchev–Trinajstić information content (AvgIpc) is 2.91. The van der Waals surface area contributed by atoms with Gasteiger partial charge < -0.3 is 15.4 Å². The molecule has 0 radical (unpaired) electrons. The van der Waals surface area contributed by atoms with Crippen LogP contribution in [0.25, 0.3) is 0 Å². The molecule has 1 fully saturated rings. The number of ether oxygens (including phenoxy) is 1. The van der Waals surface area contributed by atoms with Crippen LogP contribution >= 0.6 is 0 Å². The molecule has 1 aliphatic carbocycles. The van der Waals surface area contributed by atoms with E-state index in [0.717, 1.165) is 25.7 Å². The van der Waals surface area contributed by atoms with Gasteiger partial charge in [0.1, 0.15) is 0 Å². The highest BCUT2D eigenvalue weighted by molar-refractivity contribution is 5.77. The zero-order valence-electron chi connectivity index (χ0n) is 11.7. The van der Waals surface area contributed by atoms with Gasteiger partial charge in [-0.2, -0.15) is 0 Å². The number of hydrogen-bond donors (Lipinski definition) is 2. The van der Waals surface area contributed by atoms with Crippen molar-refractivity contribution < 1.29 is 13.9 Å². The van der Waals surface area contributed by atoms with Crippen molar-refractivity contribution >= 4 is 5.91 Å². The van der Waals surface area contributed by atoms with Crippen LogP contribution in [0.5, 0.6) is 5.75 Å². The Kier molecular flexibility index (Phi) is 5.35. The van der Waals surface area contributed by atoms with Gasteiger partial charge in [-0.1, -0.05) is 25.0 Å². The Morgan fingerprint density at radius 3 is 2.85 bits per heavy atom. The number of carbonyl (C=O) groups is 1. The van der Waals surface area contributed by atoms with Gasteiger partial charge in [-0.25, -0.2) is 4.39 Å². The first-order valence-electron chi connectivity index (χ1n) is 7.05. The highest BCUT2D eigenvalue weighted by Gasteiger charge is 2.18. The second-order valence-corrected chi connectivity index (χ2v) is 5.10. The molecule has 0 heterocycles. The highest BCUT2D eigenvalue weighted by Crippen LogP contribution is 2.22. The molecule has 2 rings (SSSR count). The summed E-state index contributed by atoms with van der Waals surface area (Å²) in [5.74, 6) is -0.467. The minimum absolute atomic E-state index is 0.145. The van der Waals surface area contributed by atoms with Gasteiger partial charge in [-0.05, 0) is 26.0 Å². The minimum Gasteiger partial charge on any atom is -0.480 e. The van der Waals surface area contributed by atoms with E-state index >= 15 is 0 Å². The second-order valence-electron chi connectivity index (χ2n) is 5.10. The van der Waals surface area contributed by atoms with Crippen molar-refractivity contribution in [2.24, 2.45) is 0 Å². The summed E-state index contributed by atoms with van der Waals surface area (Å²) in [6.45, 7) is 0.353. The van der Waals surface area contributed by atoms with Crippen LogP contribution < -0.4 is 15.4 Å². The molecule has 0 saturated heterocycles. The first-order valence-corrected chi connectivity index (χ1v) is 7.05. The molecule has 20 heavy (non-hydrogen) atoms. The fourth-order valence-electron chi connectivity index (χ4n) is 2.52. The van der Waals surface area contributed by atoms with Crippen molar-refractivity contribution in [1.29, 1.82) is 0 Å². The summed E-state index contributed by atoms with van der Waals surface area (Å²) in [6, 6.07) is 5.00. The molecule has 5 heteroatoms. The van der Waals surface area contributed by atoms with Gasteiger partial charge in [-0.3, -0.25) is 4.79 Å². The van der Waals surface area contributed by atoms with Crippen molar-refractivity contribution in [3.05, 3.63) is 29.6 Å². The van der Waals surface area contributed by atoms with E-state index in [4.69, 9.17) is 4.74 Å². The van der Waals surface area contributed by atoms with Crippen molar-refractivity contribution in [3.63, 3.8) is 0 Å². The third kappa shape index (κ3) is 3.93. The Hall–Kier alpha value is -1.62. The van der Waals surface area contributed by atoms with Gasteiger partial charge in [-0.15, -0.1) is 0 Å². The SMILES string of the molecule is CNCc1cccc(F)c1OCC(=O)NC1CCCC1. The summed E-state index contributed by atoms with van der Waals surface area (Å²) < 4.78 is 19.1. The number of rotatable bonds is 6. The molecule has 1 aromatic carbocycles. The third-order valence-electron chi connectivity index (χ3n) is 3.48. The summed E-state index contributed by atoms with van der Waals surface area (Å²) in [7, 11) is 1.78. The first kappa shape index (κ1) is 14.8. The lowest BCUT2D eigenvalue weighted by atomic mass is 10.2. The van der Waals surface area contributed by atoms with Gasteiger partial charge in [0.05, 0.1) is 0 Å². The van der Waals surface area contributed by atoms with Gasteiger partial charge in [0.2, 0.25) is 0 Å². The number of amides is 1. The lowest BCUT2D eigenvalue weighted by molar-refractivity contribution is -0.123. The molecule has 110 valence electrons. The molecule has 0 unspecified atom stereocenters. The molecule has 1 aromatic rings. The quantitative estimate of drug-likeness (QED) is 0.838. The maximum Gasteiger partial charge on any atom is 0.258 e. The van der Waals surface area contributed by atoms with E-state index in [1.165, 1.54) is 6.07 Å². The fraction of sp³-hybridized carbons (Fsp3) is 0.533. The zero-order chi connectivity index (χ0) is 14.4. The predicted octanol–water partition coefficient (Wildman–Crippen LogP) is 1.98. The van der Waals surface area contributed by atoms with Crippen LogP contribution in [0.1, 0.15) is 31.2 Å². The number of hydrogen-bond acceptors (Lipinski definition) is 3. The maximum atomic E-state index is 13.7. The van der Waals surface area contributed by atoms with Crippen LogP contribution in [0, 0.1) is 5.82 Å². The van der Waals surface area contributed by atoms with E-state index in [9.17, 15) is 9.18 Å². The predicted molar refractivity (Wildman–Crippen MR) is 75.1 cm³/mol. The van der Waals surface area contributed by atoms with E-state index in [1.54, 1.807) is 19.2 Å². The standard InChI is InChI=1S/C15H21FN2O2/c1-17-9-11-5-4-8-13(16)15(11)20-10-14(19)18-12-6-2-3-7-12/h4-5,8,12,17H,2-3,6-7,9-10H2,1H3,(H,18,19). The summed E-state index contributed by atoms with van der Waals surface area (Å²) >= 11 is 0. The van der Waals surface area contributed by atoms with E-state index < -0.39 is 5.82 Å². The normalized spacial score (nSPS) is 15.3. The zero-order valence-corrected chi connectivity index (χ0v) is 11.7. The molecule has 4 nitrogen and oxygen atoms in total. The molecular weight excluding hydrogens is 259 g/mol. The largest absolute Gasteiger partial charge is 0.480 e. The smallest absolute Gasteiger partial charge is 0.258 e. The molecule has 1 saturated carbocycles. The maximum absolute atomic E-state index is 13.7. The lowest BCUT2D eigenvalue weighted by Crippen LogP contribution is -2.36. The number of carbonyl (C=O) groups excluding carboxylic acids is 1. The Morgan fingerprint density at radius 1 is 1.40 bits per heavy atom.